The molecular weight excluding hydrogens is 412 g/mol. The Bertz CT molecular complexity index is 914. The molecule has 0 bridgehead atoms. The van der Waals surface area contributed by atoms with Gasteiger partial charge in [-0.1, -0.05) is 37.6 Å². The third kappa shape index (κ3) is 6.37. The van der Waals surface area contributed by atoms with Gasteiger partial charge in [0.1, 0.15) is 0 Å². The van der Waals surface area contributed by atoms with Crippen LogP contribution in [0.4, 0.5) is 16.2 Å². The molecule has 2 N–H and O–H groups in total. The number of rotatable bonds is 8. The molecule has 0 aliphatic rings. The second kappa shape index (κ2) is 11.0. The predicted octanol–water partition coefficient (Wildman–Crippen LogP) is 5.23. The summed E-state index contributed by atoms with van der Waals surface area (Å²) >= 11 is 6.33. The van der Waals surface area contributed by atoms with Crippen LogP contribution in [0.25, 0.3) is 0 Å². The molecule has 2 aromatic rings. The molecular formula is C24H33ClN4O2. The van der Waals surface area contributed by atoms with E-state index in [4.69, 9.17) is 11.6 Å². The first-order chi connectivity index (χ1) is 14.6. The van der Waals surface area contributed by atoms with Crippen molar-refractivity contribution in [2.24, 2.45) is 5.92 Å². The van der Waals surface area contributed by atoms with Gasteiger partial charge in [-0.05, 0) is 55.7 Å². The number of benzene rings is 2. The highest BCUT2D eigenvalue weighted by atomic mass is 35.5. The molecule has 0 aliphatic heterocycles. The SMILES string of the molecule is CCNC(=O)Nc1ccc(N(C)C)c(CN(C(=O)c2ccccc2Cl)[C@@H](C)C(C)C)c1. The molecule has 2 aromatic carbocycles. The first kappa shape index (κ1) is 24.5. The van der Waals surface area contributed by atoms with E-state index in [1.54, 1.807) is 12.1 Å². The number of anilines is 2. The van der Waals surface area contributed by atoms with Crippen molar-refractivity contribution >= 4 is 34.9 Å². The fourth-order valence-corrected chi connectivity index (χ4v) is 3.51. The summed E-state index contributed by atoms with van der Waals surface area (Å²) in [7, 11) is 3.92. The number of urea groups is 1. The summed E-state index contributed by atoms with van der Waals surface area (Å²) in [4.78, 5) is 29.3. The van der Waals surface area contributed by atoms with Gasteiger partial charge in [0.25, 0.3) is 5.91 Å². The van der Waals surface area contributed by atoms with E-state index in [0.29, 0.717) is 29.4 Å². The molecule has 3 amide bonds. The molecule has 0 radical (unpaired) electrons. The van der Waals surface area contributed by atoms with Crippen LogP contribution >= 0.6 is 11.6 Å². The molecule has 168 valence electrons. The van der Waals surface area contributed by atoms with Gasteiger partial charge in [0.2, 0.25) is 0 Å². The number of nitrogens with zero attached hydrogens (tertiary/aromatic N) is 2. The van der Waals surface area contributed by atoms with E-state index >= 15 is 0 Å². The van der Waals surface area contributed by atoms with Crippen molar-refractivity contribution in [1.29, 1.82) is 0 Å². The lowest BCUT2D eigenvalue weighted by atomic mass is 10.0. The van der Waals surface area contributed by atoms with E-state index in [1.807, 2.05) is 68.1 Å². The monoisotopic (exact) mass is 444 g/mol. The van der Waals surface area contributed by atoms with Crippen molar-refractivity contribution in [1.82, 2.24) is 10.2 Å². The number of nitrogens with one attached hydrogen (secondary N) is 2. The zero-order chi connectivity index (χ0) is 23.1. The van der Waals surface area contributed by atoms with Crippen molar-refractivity contribution in [3.05, 3.63) is 58.6 Å². The molecule has 0 saturated heterocycles. The molecule has 6 nitrogen and oxygen atoms in total. The van der Waals surface area contributed by atoms with Gasteiger partial charge in [-0.25, -0.2) is 4.79 Å². The molecule has 0 saturated carbocycles. The highest BCUT2D eigenvalue weighted by molar-refractivity contribution is 6.33. The normalized spacial score (nSPS) is 11.7. The Morgan fingerprint density at radius 3 is 2.32 bits per heavy atom. The second-order valence-electron chi connectivity index (χ2n) is 8.12. The van der Waals surface area contributed by atoms with Gasteiger partial charge in [0, 0.05) is 44.6 Å². The third-order valence-corrected chi connectivity index (χ3v) is 5.65. The summed E-state index contributed by atoms with van der Waals surface area (Å²) < 4.78 is 0. The van der Waals surface area contributed by atoms with E-state index in [2.05, 4.69) is 24.5 Å². The van der Waals surface area contributed by atoms with Crippen molar-refractivity contribution in [2.45, 2.75) is 40.3 Å². The second-order valence-corrected chi connectivity index (χ2v) is 8.53. The van der Waals surface area contributed by atoms with Gasteiger partial charge >= 0.3 is 6.03 Å². The van der Waals surface area contributed by atoms with E-state index in [1.165, 1.54) is 0 Å². The summed E-state index contributed by atoms with van der Waals surface area (Å²) in [6.45, 7) is 9.04. The fraction of sp³-hybridized carbons (Fsp3) is 0.417. The maximum Gasteiger partial charge on any atom is 0.319 e. The lowest BCUT2D eigenvalue weighted by Crippen LogP contribution is -2.41. The van der Waals surface area contributed by atoms with Crippen LogP contribution in [-0.2, 0) is 6.54 Å². The molecule has 2 rings (SSSR count). The minimum Gasteiger partial charge on any atom is -0.377 e. The van der Waals surface area contributed by atoms with Crippen LogP contribution in [0.2, 0.25) is 5.02 Å². The molecule has 0 aromatic heterocycles. The van der Waals surface area contributed by atoms with E-state index < -0.39 is 0 Å². The maximum atomic E-state index is 13.5. The van der Waals surface area contributed by atoms with Crippen LogP contribution in [0.1, 0.15) is 43.6 Å². The number of amides is 3. The first-order valence-corrected chi connectivity index (χ1v) is 10.9. The van der Waals surface area contributed by atoms with E-state index in [9.17, 15) is 9.59 Å². The fourth-order valence-electron chi connectivity index (χ4n) is 3.30. The molecule has 31 heavy (non-hydrogen) atoms. The number of halogens is 1. The standard InChI is InChI=1S/C24H33ClN4O2/c1-7-26-24(31)27-19-12-13-22(28(5)6)18(14-19)15-29(17(4)16(2)3)23(30)20-10-8-9-11-21(20)25/h8-14,16-17H,7,15H2,1-6H3,(H2,26,27,31)/t17-/m0/s1. The van der Waals surface area contributed by atoms with Crippen molar-refractivity contribution in [2.75, 3.05) is 30.9 Å². The Balaban J connectivity index is 2.45. The molecule has 0 spiro atoms. The first-order valence-electron chi connectivity index (χ1n) is 10.6. The lowest BCUT2D eigenvalue weighted by molar-refractivity contribution is 0.0628. The molecule has 0 aliphatic carbocycles. The summed E-state index contributed by atoms with van der Waals surface area (Å²) in [5, 5.41) is 6.02. The summed E-state index contributed by atoms with van der Waals surface area (Å²) in [6, 6.07) is 12.6. The minimum absolute atomic E-state index is 0.0150. The van der Waals surface area contributed by atoms with Crippen LogP contribution in [0.3, 0.4) is 0 Å². The number of carbonyl (C=O) groups excluding carboxylic acids is 2. The van der Waals surface area contributed by atoms with Crippen LogP contribution < -0.4 is 15.5 Å². The maximum absolute atomic E-state index is 13.5. The van der Waals surface area contributed by atoms with Gasteiger partial charge in [-0.15, -0.1) is 0 Å². The van der Waals surface area contributed by atoms with Crippen molar-refractivity contribution in [3.8, 4) is 0 Å². The molecule has 0 heterocycles. The predicted molar refractivity (Wildman–Crippen MR) is 129 cm³/mol. The van der Waals surface area contributed by atoms with Crippen molar-refractivity contribution in [3.63, 3.8) is 0 Å². The van der Waals surface area contributed by atoms with E-state index in [0.717, 1.165) is 11.3 Å². The summed E-state index contributed by atoms with van der Waals surface area (Å²) in [5.41, 5.74) is 3.08. The van der Waals surface area contributed by atoms with Gasteiger partial charge < -0.3 is 20.4 Å². The largest absolute Gasteiger partial charge is 0.377 e. The highest BCUT2D eigenvalue weighted by Gasteiger charge is 2.26. The Kier molecular flexibility index (Phi) is 8.75. The van der Waals surface area contributed by atoms with Gasteiger partial charge in [-0.2, -0.15) is 0 Å². The van der Waals surface area contributed by atoms with Crippen LogP contribution in [0.5, 0.6) is 0 Å². The van der Waals surface area contributed by atoms with Crippen LogP contribution in [-0.4, -0.2) is 43.5 Å². The average Bonchev–Trinajstić information content (AvgIpc) is 2.71. The van der Waals surface area contributed by atoms with Gasteiger partial charge in [0.15, 0.2) is 0 Å². The topological polar surface area (TPSA) is 64.7 Å². The highest BCUT2D eigenvalue weighted by Crippen LogP contribution is 2.28. The zero-order valence-corrected chi connectivity index (χ0v) is 20.0. The molecule has 0 unspecified atom stereocenters. The van der Waals surface area contributed by atoms with E-state index in [-0.39, 0.29) is 23.9 Å². The van der Waals surface area contributed by atoms with Gasteiger partial charge in [-0.3, -0.25) is 4.79 Å². The smallest absolute Gasteiger partial charge is 0.319 e. The number of hydrogen-bond donors (Lipinski definition) is 2. The summed E-state index contributed by atoms with van der Waals surface area (Å²) in [6.07, 6.45) is 0. The average molecular weight is 445 g/mol. The number of hydrogen-bond acceptors (Lipinski definition) is 3. The quantitative estimate of drug-likeness (QED) is 0.585. The Morgan fingerprint density at radius 1 is 1.06 bits per heavy atom. The lowest BCUT2D eigenvalue weighted by Gasteiger charge is -2.33. The molecule has 7 heteroatoms. The van der Waals surface area contributed by atoms with Crippen molar-refractivity contribution < 1.29 is 9.59 Å². The zero-order valence-electron chi connectivity index (χ0n) is 19.2. The third-order valence-electron chi connectivity index (χ3n) is 5.32. The molecule has 0 fully saturated rings. The Morgan fingerprint density at radius 2 is 1.74 bits per heavy atom. The minimum atomic E-state index is -0.259. The Labute approximate surface area is 190 Å². The van der Waals surface area contributed by atoms with Crippen LogP contribution in [0.15, 0.2) is 42.5 Å². The number of carbonyl (C=O) groups is 2. The van der Waals surface area contributed by atoms with Gasteiger partial charge in [0.05, 0.1) is 10.6 Å². The van der Waals surface area contributed by atoms with Crippen LogP contribution in [0, 0.1) is 5.92 Å². The Hall–Kier alpha value is -2.73. The molecule has 1 atom stereocenters. The summed E-state index contributed by atoms with van der Waals surface area (Å²) in [5.74, 6) is 0.143.